The Bertz CT molecular complexity index is 340. The largest absolute Gasteiger partial charge is 0.498 e. The quantitative estimate of drug-likeness (QED) is 0.472. The second-order valence-corrected chi connectivity index (χ2v) is 4.26. The van der Waals surface area contributed by atoms with Crippen LogP contribution in [0.25, 0.3) is 0 Å². The summed E-state index contributed by atoms with van der Waals surface area (Å²) in [5.74, 6) is 0. The molecule has 0 aromatic heterocycles. The van der Waals surface area contributed by atoms with Gasteiger partial charge in [-0.3, -0.25) is 0 Å². The lowest BCUT2D eigenvalue weighted by atomic mass is 10.0. The monoisotopic (exact) mass is 230 g/mol. The molecule has 1 rings (SSSR count). The molecule has 0 aliphatic rings. The Balaban J connectivity index is 2.44. The number of benzene rings is 1. The molecule has 0 aliphatic carbocycles. The SMILES string of the molecule is C=COC(CCc1ccccc1)CC(=C)CC. The highest BCUT2D eigenvalue weighted by Crippen LogP contribution is 2.16. The molecule has 0 spiro atoms. The summed E-state index contributed by atoms with van der Waals surface area (Å²) in [7, 11) is 0. The van der Waals surface area contributed by atoms with Crippen LogP contribution >= 0.6 is 0 Å². The first-order chi connectivity index (χ1) is 8.26. The van der Waals surface area contributed by atoms with Crippen LogP contribution in [0.15, 0.2) is 55.3 Å². The van der Waals surface area contributed by atoms with Crippen molar-refractivity contribution in [2.24, 2.45) is 0 Å². The van der Waals surface area contributed by atoms with E-state index in [0.29, 0.717) is 0 Å². The Hall–Kier alpha value is -1.50. The summed E-state index contributed by atoms with van der Waals surface area (Å²) in [6.07, 6.45) is 5.74. The molecule has 1 aromatic carbocycles. The Morgan fingerprint density at radius 1 is 1.35 bits per heavy atom. The van der Waals surface area contributed by atoms with E-state index >= 15 is 0 Å². The van der Waals surface area contributed by atoms with Crippen LogP contribution in [-0.4, -0.2) is 6.10 Å². The molecule has 92 valence electrons. The van der Waals surface area contributed by atoms with Crippen molar-refractivity contribution in [2.75, 3.05) is 0 Å². The van der Waals surface area contributed by atoms with Crippen molar-refractivity contribution in [3.63, 3.8) is 0 Å². The fourth-order valence-corrected chi connectivity index (χ4v) is 1.79. The third kappa shape index (κ3) is 5.39. The summed E-state index contributed by atoms with van der Waals surface area (Å²) < 4.78 is 5.54. The highest BCUT2D eigenvalue weighted by Gasteiger charge is 2.09. The molecule has 0 saturated carbocycles. The van der Waals surface area contributed by atoms with Gasteiger partial charge in [0.1, 0.15) is 6.10 Å². The molecule has 1 heteroatoms. The molecular weight excluding hydrogens is 208 g/mol. The van der Waals surface area contributed by atoms with Gasteiger partial charge in [0.25, 0.3) is 0 Å². The van der Waals surface area contributed by atoms with Crippen LogP contribution < -0.4 is 0 Å². The van der Waals surface area contributed by atoms with Crippen LogP contribution in [0.4, 0.5) is 0 Å². The van der Waals surface area contributed by atoms with E-state index in [9.17, 15) is 0 Å². The number of hydrogen-bond acceptors (Lipinski definition) is 1. The van der Waals surface area contributed by atoms with E-state index in [4.69, 9.17) is 4.74 Å². The van der Waals surface area contributed by atoms with Gasteiger partial charge in [0.15, 0.2) is 0 Å². The molecular formula is C16H22O. The van der Waals surface area contributed by atoms with E-state index in [0.717, 1.165) is 25.7 Å². The second-order valence-electron chi connectivity index (χ2n) is 4.26. The molecule has 0 aliphatic heterocycles. The molecule has 1 atom stereocenters. The first-order valence-electron chi connectivity index (χ1n) is 6.23. The summed E-state index contributed by atoms with van der Waals surface area (Å²) in [4.78, 5) is 0. The standard InChI is InChI=1S/C16H22O/c1-4-14(3)13-16(17-5-2)12-11-15-9-7-6-8-10-15/h5-10,16H,2-4,11-13H2,1H3. The first kappa shape index (κ1) is 13.6. The molecule has 0 amide bonds. The lowest BCUT2D eigenvalue weighted by Crippen LogP contribution is -2.12. The molecule has 0 saturated heterocycles. The van der Waals surface area contributed by atoms with Gasteiger partial charge in [-0.25, -0.2) is 0 Å². The minimum atomic E-state index is 0.208. The molecule has 0 bridgehead atoms. The summed E-state index contributed by atoms with van der Waals surface area (Å²) in [5.41, 5.74) is 2.59. The maximum absolute atomic E-state index is 5.54. The number of aryl methyl sites for hydroxylation is 1. The average Bonchev–Trinajstić information content (AvgIpc) is 2.37. The van der Waals surface area contributed by atoms with Crippen molar-refractivity contribution < 1.29 is 4.74 Å². The lowest BCUT2D eigenvalue weighted by molar-refractivity contribution is 0.136. The Morgan fingerprint density at radius 2 is 2.06 bits per heavy atom. The lowest BCUT2D eigenvalue weighted by Gasteiger charge is -2.17. The zero-order valence-corrected chi connectivity index (χ0v) is 10.7. The second kappa shape index (κ2) is 7.72. The van der Waals surface area contributed by atoms with Crippen molar-refractivity contribution >= 4 is 0 Å². The molecule has 1 aromatic rings. The highest BCUT2D eigenvalue weighted by molar-refractivity contribution is 5.14. The van der Waals surface area contributed by atoms with Gasteiger partial charge < -0.3 is 4.74 Å². The van der Waals surface area contributed by atoms with Gasteiger partial charge in [0.05, 0.1) is 6.26 Å². The summed E-state index contributed by atoms with van der Waals surface area (Å²) in [6, 6.07) is 10.5. The van der Waals surface area contributed by atoms with Gasteiger partial charge in [-0.2, -0.15) is 0 Å². The fourth-order valence-electron chi connectivity index (χ4n) is 1.79. The van der Waals surface area contributed by atoms with Crippen molar-refractivity contribution in [3.8, 4) is 0 Å². The van der Waals surface area contributed by atoms with Gasteiger partial charge in [-0.1, -0.05) is 56.0 Å². The number of rotatable bonds is 8. The van der Waals surface area contributed by atoms with Gasteiger partial charge >= 0.3 is 0 Å². The number of hydrogen-bond donors (Lipinski definition) is 0. The minimum absolute atomic E-state index is 0.208. The van der Waals surface area contributed by atoms with E-state index in [2.05, 4.69) is 44.3 Å². The zero-order chi connectivity index (χ0) is 12.5. The first-order valence-corrected chi connectivity index (χ1v) is 6.23. The summed E-state index contributed by atoms with van der Waals surface area (Å²) >= 11 is 0. The molecule has 0 fully saturated rings. The van der Waals surface area contributed by atoms with E-state index in [1.54, 1.807) is 6.26 Å². The molecule has 0 heterocycles. The number of ether oxygens (including phenoxy) is 1. The van der Waals surface area contributed by atoms with Gasteiger partial charge in [-0.15, -0.1) is 0 Å². The molecule has 17 heavy (non-hydrogen) atoms. The zero-order valence-electron chi connectivity index (χ0n) is 10.7. The summed E-state index contributed by atoms with van der Waals surface area (Å²) in [6.45, 7) is 9.80. The van der Waals surface area contributed by atoms with Crippen molar-refractivity contribution in [2.45, 2.75) is 38.7 Å². The predicted octanol–water partition coefficient (Wildman–Crippen LogP) is 4.50. The maximum Gasteiger partial charge on any atom is 0.102 e. The van der Waals surface area contributed by atoms with Crippen molar-refractivity contribution in [1.82, 2.24) is 0 Å². The van der Waals surface area contributed by atoms with E-state index in [-0.39, 0.29) is 6.10 Å². The van der Waals surface area contributed by atoms with Gasteiger partial charge in [0, 0.05) is 6.42 Å². The average molecular weight is 230 g/mol. The molecule has 0 radical (unpaired) electrons. The Kier molecular flexibility index (Phi) is 6.16. The Labute approximate surface area is 105 Å². The minimum Gasteiger partial charge on any atom is -0.498 e. The van der Waals surface area contributed by atoms with E-state index < -0.39 is 0 Å². The maximum atomic E-state index is 5.54. The van der Waals surface area contributed by atoms with Crippen LogP contribution in [0, 0.1) is 0 Å². The van der Waals surface area contributed by atoms with Gasteiger partial charge in [-0.05, 0) is 24.8 Å². The third-order valence-corrected chi connectivity index (χ3v) is 2.90. The third-order valence-electron chi connectivity index (χ3n) is 2.90. The van der Waals surface area contributed by atoms with Crippen molar-refractivity contribution in [1.29, 1.82) is 0 Å². The normalized spacial score (nSPS) is 11.8. The van der Waals surface area contributed by atoms with E-state index in [1.165, 1.54) is 11.1 Å². The van der Waals surface area contributed by atoms with E-state index in [1.807, 2.05) is 6.07 Å². The van der Waals surface area contributed by atoms with Crippen LogP contribution in [-0.2, 0) is 11.2 Å². The smallest absolute Gasteiger partial charge is 0.102 e. The topological polar surface area (TPSA) is 9.23 Å². The molecule has 1 nitrogen and oxygen atoms in total. The fraction of sp³-hybridized carbons (Fsp3) is 0.375. The van der Waals surface area contributed by atoms with Crippen LogP contribution in [0.1, 0.15) is 31.7 Å². The predicted molar refractivity (Wildman–Crippen MR) is 73.9 cm³/mol. The molecule has 0 N–H and O–H groups in total. The summed E-state index contributed by atoms with van der Waals surface area (Å²) in [5, 5.41) is 0. The highest BCUT2D eigenvalue weighted by atomic mass is 16.5. The van der Waals surface area contributed by atoms with Gasteiger partial charge in [0.2, 0.25) is 0 Å². The molecule has 1 unspecified atom stereocenters. The Morgan fingerprint density at radius 3 is 2.65 bits per heavy atom. The van der Waals surface area contributed by atoms with Crippen LogP contribution in [0.5, 0.6) is 0 Å². The van der Waals surface area contributed by atoms with Crippen LogP contribution in [0.2, 0.25) is 0 Å². The van der Waals surface area contributed by atoms with Crippen LogP contribution in [0.3, 0.4) is 0 Å². The van der Waals surface area contributed by atoms with Crippen molar-refractivity contribution in [3.05, 3.63) is 60.9 Å².